The number of hydrogen-bond donors (Lipinski definition) is 1. The second kappa shape index (κ2) is 6.88. The van der Waals surface area contributed by atoms with E-state index in [-0.39, 0.29) is 18.6 Å². The van der Waals surface area contributed by atoms with Crippen LogP contribution in [0, 0.1) is 11.3 Å². The minimum absolute atomic E-state index is 0.109. The molecule has 1 rings (SSSR count). The van der Waals surface area contributed by atoms with E-state index in [1.807, 2.05) is 45.2 Å². The predicted molar refractivity (Wildman–Crippen MR) is 80.5 cm³/mol. The highest BCUT2D eigenvalue weighted by atomic mass is 32.1. The van der Waals surface area contributed by atoms with Gasteiger partial charge in [0.2, 0.25) is 5.91 Å². The Hall–Kier alpha value is -1.36. The summed E-state index contributed by atoms with van der Waals surface area (Å²) in [5, 5.41) is 4.86. The summed E-state index contributed by atoms with van der Waals surface area (Å²) < 4.78 is 5.03. The summed E-state index contributed by atoms with van der Waals surface area (Å²) >= 11 is 1.58. The number of thiophene rings is 1. The molecule has 2 unspecified atom stereocenters. The fraction of sp³-hybridized carbons (Fsp3) is 0.600. The highest BCUT2D eigenvalue weighted by Crippen LogP contribution is 2.28. The van der Waals surface area contributed by atoms with Gasteiger partial charge in [-0.3, -0.25) is 9.59 Å². The Kier molecular flexibility index (Phi) is 5.74. The molecule has 1 aromatic heterocycles. The molecule has 4 nitrogen and oxygen atoms in total. The molecule has 0 fully saturated rings. The van der Waals surface area contributed by atoms with Crippen LogP contribution < -0.4 is 5.32 Å². The van der Waals surface area contributed by atoms with Gasteiger partial charge in [0.25, 0.3) is 0 Å². The van der Waals surface area contributed by atoms with Crippen molar-refractivity contribution < 1.29 is 14.3 Å². The maximum atomic E-state index is 12.4. The molecule has 0 saturated heterocycles. The van der Waals surface area contributed by atoms with Gasteiger partial charge in [0.1, 0.15) is 5.92 Å². The van der Waals surface area contributed by atoms with Gasteiger partial charge < -0.3 is 10.1 Å². The molecule has 0 saturated carbocycles. The summed E-state index contributed by atoms with van der Waals surface area (Å²) in [4.78, 5) is 25.5. The molecule has 5 heteroatoms. The molecule has 0 aliphatic carbocycles. The lowest BCUT2D eigenvalue weighted by molar-refractivity contribution is -0.156. The van der Waals surface area contributed by atoms with Crippen LogP contribution in [0.3, 0.4) is 0 Å². The normalized spacial score (nSPS) is 14.4. The van der Waals surface area contributed by atoms with Crippen molar-refractivity contribution in [3.63, 3.8) is 0 Å². The average Bonchev–Trinajstić information content (AvgIpc) is 2.80. The maximum Gasteiger partial charge on any atom is 0.319 e. The van der Waals surface area contributed by atoms with Crippen molar-refractivity contribution >= 4 is 23.2 Å². The third-order valence-corrected chi connectivity index (χ3v) is 4.03. The SMILES string of the molecule is CCOC(=O)C(C(=O)NC(C)c1cccs1)C(C)(C)C. The van der Waals surface area contributed by atoms with Crippen molar-refractivity contribution in [2.75, 3.05) is 6.61 Å². The number of nitrogens with one attached hydrogen (secondary N) is 1. The molecule has 1 N–H and O–H groups in total. The van der Waals surface area contributed by atoms with Crippen LogP contribution in [0.2, 0.25) is 0 Å². The topological polar surface area (TPSA) is 55.4 Å². The Morgan fingerprint density at radius 3 is 2.50 bits per heavy atom. The van der Waals surface area contributed by atoms with Crippen molar-refractivity contribution in [2.45, 2.75) is 40.7 Å². The van der Waals surface area contributed by atoms with Crippen LogP contribution in [-0.2, 0) is 14.3 Å². The van der Waals surface area contributed by atoms with E-state index in [9.17, 15) is 9.59 Å². The Morgan fingerprint density at radius 2 is 2.05 bits per heavy atom. The highest BCUT2D eigenvalue weighted by molar-refractivity contribution is 7.10. The van der Waals surface area contributed by atoms with E-state index in [4.69, 9.17) is 4.74 Å². The Balaban J connectivity index is 2.81. The molecule has 0 aliphatic rings. The first-order valence-electron chi connectivity index (χ1n) is 6.77. The van der Waals surface area contributed by atoms with Crippen LogP contribution >= 0.6 is 11.3 Å². The van der Waals surface area contributed by atoms with E-state index >= 15 is 0 Å². The first-order chi connectivity index (χ1) is 9.27. The molecule has 112 valence electrons. The number of esters is 1. The van der Waals surface area contributed by atoms with E-state index < -0.39 is 17.3 Å². The number of carbonyl (C=O) groups excluding carboxylic acids is 2. The molecule has 0 bridgehead atoms. The lowest BCUT2D eigenvalue weighted by Crippen LogP contribution is -2.44. The summed E-state index contributed by atoms with van der Waals surface area (Å²) in [6.07, 6.45) is 0. The Bertz CT molecular complexity index is 448. The van der Waals surface area contributed by atoms with Crippen molar-refractivity contribution in [1.29, 1.82) is 0 Å². The van der Waals surface area contributed by atoms with E-state index in [0.717, 1.165) is 4.88 Å². The Morgan fingerprint density at radius 1 is 1.40 bits per heavy atom. The number of carbonyl (C=O) groups is 2. The van der Waals surface area contributed by atoms with Crippen LogP contribution in [0.5, 0.6) is 0 Å². The highest BCUT2D eigenvalue weighted by Gasteiger charge is 2.39. The van der Waals surface area contributed by atoms with Crippen LogP contribution in [0.25, 0.3) is 0 Å². The standard InChI is InChI=1S/C15H23NO3S/c1-6-19-14(18)12(15(3,4)5)13(17)16-10(2)11-8-7-9-20-11/h7-10,12H,6H2,1-5H3,(H,16,17). The minimum atomic E-state index is -0.801. The molecule has 2 atom stereocenters. The van der Waals surface area contributed by atoms with Gasteiger partial charge in [0.05, 0.1) is 12.6 Å². The van der Waals surface area contributed by atoms with Gasteiger partial charge in [-0.25, -0.2) is 0 Å². The second-order valence-electron chi connectivity index (χ2n) is 5.80. The largest absolute Gasteiger partial charge is 0.465 e. The van der Waals surface area contributed by atoms with Gasteiger partial charge in [-0.15, -0.1) is 11.3 Å². The van der Waals surface area contributed by atoms with Crippen LogP contribution in [0.1, 0.15) is 45.5 Å². The first-order valence-corrected chi connectivity index (χ1v) is 7.65. The van der Waals surface area contributed by atoms with Crippen LogP contribution in [0.4, 0.5) is 0 Å². The zero-order valence-electron chi connectivity index (χ0n) is 12.7. The maximum absolute atomic E-state index is 12.4. The number of rotatable bonds is 5. The summed E-state index contributed by atoms with van der Waals surface area (Å²) in [6, 6.07) is 3.79. The minimum Gasteiger partial charge on any atom is -0.465 e. The van der Waals surface area contributed by atoms with Crippen molar-refractivity contribution in [1.82, 2.24) is 5.32 Å². The zero-order valence-corrected chi connectivity index (χ0v) is 13.5. The van der Waals surface area contributed by atoms with Gasteiger partial charge >= 0.3 is 5.97 Å². The molecule has 1 amide bonds. The predicted octanol–water partition coefficient (Wildman–Crippen LogP) is 3.15. The molecule has 1 heterocycles. The second-order valence-corrected chi connectivity index (χ2v) is 6.78. The molecule has 0 radical (unpaired) electrons. The van der Waals surface area contributed by atoms with Crippen LogP contribution in [0.15, 0.2) is 17.5 Å². The molecule has 0 spiro atoms. The first kappa shape index (κ1) is 16.7. The lowest BCUT2D eigenvalue weighted by Gasteiger charge is -2.28. The quantitative estimate of drug-likeness (QED) is 0.671. The average molecular weight is 297 g/mol. The summed E-state index contributed by atoms with van der Waals surface area (Å²) in [6.45, 7) is 9.52. The summed E-state index contributed by atoms with van der Waals surface area (Å²) in [7, 11) is 0. The van der Waals surface area contributed by atoms with Gasteiger partial charge in [-0.1, -0.05) is 26.8 Å². The van der Waals surface area contributed by atoms with E-state index in [1.54, 1.807) is 18.3 Å². The van der Waals surface area contributed by atoms with E-state index in [1.165, 1.54) is 0 Å². The molecular formula is C15H23NO3S. The molecule has 0 aliphatic heterocycles. The van der Waals surface area contributed by atoms with Gasteiger partial charge in [-0.05, 0) is 30.7 Å². The Labute approximate surface area is 124 Å². The third kappa shape index (κ3) is 4.34. The van der Waals surface area contributed by atoms with Crippen molar-refractivity contribution in [3.8, 4) is 0 Å². The summed E-state index contributed by atoms with van der Waals surface area (Å²) in [5.41, 5.74) is -0.481. The lowest BCUT2D eigenvalue weighted by atomic mass is 9.80. The number of ether oxygens (including phenoxy) is 1. The zero-order chi connectivity index (χ0) is 15.3. The van der Waals surface area contributed by atoms with Crippen LogP contribution in [-0.4, -0.2) is 18.5 Å². The van der Waals surface area contributed by atoms with Gasteiger partial charge in [0, 0.05) is 4.88 Å². The van der Waals surface area contributed by atoms with Gasteiger partial charge in [0.15, 0.2) is 0 Å². The molecule has 20 heavy (non-hydrogen) atoms. The number of hydrogen-bond acceptors (Lipinski definition) is 4. The summed E-state index contributed by atoms with van der Waals surface area (Å²) in [5.74, 6) is -1.54. The smallest absolute Gasteiger partial charge is 0.319 e. The van der Waals surface area contributed by atoms with E-state index in [2.05, 4.69) is 5.32 Å². The number of amides is 1. The fourth-order valence-corrected chi connectivity index (χ4v) is 2.72. The van der Waals surface area contributed by atoms with Crippen molar-refractivity contribution in [2.24, 2.45) is 11.3 Å². The van der Waals surface area contributed by atoms with Gasteiger partial charge in [-0.2, -0.15) is 0 Å². The third-order valence-electron chi connectivity index (χ3n) is 2.98. The molecule has 1 aromatic rings. The molecular weight excluding hydrogens is 274 g/mol. The molecule has 0 aromatic carbocycles. The fourth-order valence-electron chi connectivity index (χ4n) is 1.98. The van der Waals surface area contributed by atoms with Crippen molar-refractivity contribution in [3.05, 3.63) is 22.4 Å². The van der Waals surface area contributed by atoms with E-state index in [0.29, 0.717) is 0 Å². The monoisotopic (exact) mass is 297 g/mol.